The van der Waals surface area contributed by atoms with Crippen molar-refractivity contribution in [2.45, 2.75) is 19.9 Å². The fourth-order valence-corrected chi connectivity index (χ4v) is 2.39. The van der Waals surface area contributed by atoms with Crippen molar-refractivity contribution in [3.8, 4) is 5.75 Å². The first-order valence-corrected chi connectivity index (χ1v) is 6.58. The molecule has 0 saturated carbocycles. The Morgan fingerprint density at radius 3 is 2.42 bits per heavy atom. The second-order valence-corrected chi connectivity index (χ2v) is 5.02. The highest BCUT2D eigenvalue weighted by atomic mass is 16.3. The maximum atomic E-state index is 11.3. The zero-order valence-corrected chi connectivity index (χ0v) is 11.5. The smallest absolute Gasteiger partial charge is 0.219 e. The molecule has 0 spiro atoms. The van der Waals surface area contributed by atoms with Crippen LogP contribution >= 0.6 is 0 Å². The molecular formula is C14H21N3O2. The normalized spacial score (nSPS) is 17.4. The van der Waals surface area contributed by atoms with Crippen LogP contribution in [0.15, 0.2) is 18.2 Å². The van der Waals surface area contributed by atoms with Crippen molar-refractivity contribution in [2.75, 3.05) is 31.1 Å². The number of anilines is 1. The number of nitrogens with zero attached hydrogens (tertiary/aromatic N) is 2. The van der Waals surface area contributed by atoms with Crippen molar-refractivity contribution in [3.05, 3.63) is 23.8 Å². The number of benzene rings is 1. The second kappa shape index (κ2) is 5.48. The van der Waals surface area contributed by atoms with E-state index in [4.69, 9.17) is 5.73 Å². The summed E-state index contributed by atoms with van der Waals surface area (Å²) in [6.45, 7) is 6.47. The lowest BCUT2D eigenvalue weighted by Gasteiger charge is -2.35. The summed E-state index contributed by atoms with van der Waals surface area (Å²) in [6, 6.07) is 5.42. The summed E-state index contributed by atoms with van der Waals surface area (Å²) in [5.74, 6) is 0.358. The number of carbonyl (C=O) groups is 1. The molecule has 1 aliphatic rings. The summed E-state index contributed by atoms with van der Waals surface area (Å²) in [5, 5.41) is 9.96. The zero-order valence-electron chi connectivity index (χ0n) is 11.5. The monoisotopic (exact) mass is 263 g/mol. The van der Waals surface area contributed by atoms with Gasteiger partial charge in [0, 0.05) is 56.5 Å². The van der Waals surface area contributed by atoms with Gasteiger partial charge in [0.1, 0.15) is 5.75 Å². The topological polar surface area (TPSA) is 69.8 Å². The molecule has 1 amide bonds. The van der Waals surface area contributed by atoms with Gasteiger partial charge in [0.2, 0.25) is 5.91 Å². The summed E-state index contributed by atoms with van der Waals surface area (Å²) in [6.07, 6.45) is 0. The maximum Gasteiger partial charge on any atom is 0.219 e. The largest absolute Gasteiger partial charge is 0.508 e. The van der Waals surface area contributed by atoms with E-state index in [0.717, 1.165) is 37.4 Å². The lowest BCUT2D eigenvalue weighted by Crippen LogP contribution is -2.48. The highest BCUT2D eigenvalue weighted by Crippen LogP contribution is 2.28. The Morgan fingerprint density at radius 1 is 1.32 bits per heavy atom. The number of hydrogen-bond acceptors (Lipinski definition) is 4. The number of nitrogens with two attached hydrogens (primary N) is 1. The molecule has 1 unspecified atom stereocenters. The van der Waals surface area contributed by atoms with Gasteiger partial charge in [-0.25, -0.2) is 0 Å². The Morgan fingerprint density at radius 2 is 1.95 bits per heavy atom. The molecule has 104 valence electrons. The summed E-state index contributed by atoms with van der Waals surface area (Å²) in [5.41, 5.74) is 7.51. The van der Waals surface area contributed by atoms with Crippen molar-refractivity contribution in [2.24, 2.45) is 5.73 Å². The second-order valence-electron chi connectivity index (χ2n) is 5.02. The van der Waals surface area contributed by atoms with Crippen molar-refractivity contribution in [1.29, 1.82) is 0 Å². The van der Waals surface area contributed by atoms with E-state index in [0.29, 0.717) is 0 Å². The standard InChI is InChI=1S/C14H21N3O2/c1-10(15)13-4-3-12(9-14(13)19)17-7-5-16(6-8-17)11(2)18/h3-4,9-10,19H,5-8,15H2,1-2H3. The van der Waals surface area contributed by atoms with Crippen molar-refractivity contribution < 1.29 is 9.90 Å². The number of carbonyl (C=O) groups excluding carboxylic acids is 1. The number of phenols is 1. The van der Waals surface area contributed by atoms with E-state index in [9.17, 15) is 9.90 Å². The molecule has 0 radical (unpaired) electrons. The molecular weight excluding hydrogens is 242 g/mol. The first-order chi connectivity index (χ1) is 8.99. The molecule has 0 aliphatic carbocycles. The van der Waals surface area contributed by atoms with Gasteiger partial charge < -0.3 is 20.6 Å². The van der Waals surface area contributed by atoms with E-state index in [1.54, 1.807) is 13.0 Å². The van der Waals surface area contributed by atoms with E-state index < -0.39 is 0 Å². The van der Waals surface area contributed by atoms with Crippen LogP contribution in [0.2, 0.25) is 0 Å². The molecule has 5 nitrogen and oxygen atoms in total. The van der Waals surface area contributed by atoms with Gasteiger partial charge in [-0.15, -0.1) is 0 Å². The van der Waals surface area contributed by atoms with E-state index in [2.05, 4.69) is 4.90 Å². The van der Waals surface area contributed by atoms with Gasteiger partial charge in [-0.05, 0) is 13.0 Å². The SMILES string of the molecule is CC(=O)N1CCN(c2ccc(C(C)N)c(O)c2)CC1. The molecule has 1 saturated heterocycles. The molecule has 1 atom stereocenters. The minimum Gasteiger partial charge on any atom is -0.508 e. The minimum absolute atomic E-state index is 0.120. The van der Waals surface area contributed by atoms with Crippen LogP contribution in [0.4, 0.5) is 5.69 Å². The van der Waals surface area contributed by atoms with Crippen LogP contribution < -0.4 is 10.6 Å². The van der Waals surface area contributed by atoms with Gasteiger partial charge in [-0.3, -0.25) is 4.79 Å². The Kier molecular flexibility index (Phi) is 3.95. The average Bonchev–Trinajstić information content (AvgIpc) is 2.38. The van der Waals surface area contributed by atoms with Crippen LogP contribution in [-0.2, 0) is 4.79 Å². The third-order valence-electron chi connectivity index (χ3n) is 3.59. The highest BCUT2D eigenvalue weighted by molar-refractivity contribution is 5.73. The van der Waals surface area contributed by atoms with E-state index >= 15 is 0 Å². The quantitative estimate of drug-likeness (QED) is 0.837. The van der Waals surface area contributed by atoms with Gasteiger partial charge in [0.15, 0.2) is 0 Å². The number of rotatable bonds is 2. The van der Waals surface area contributed by atoms with Crippen LogP contribution in [0, 0.1) is 0 Å². The number of aromatic hydroxyl groups is 1. The van der Waals surface area contributed by atoms with Crippen LogP contribution in [0.1, 0.15) is 25.5 Å². The maximum absolute atomic E-state index is 11.3. The van der Waals surface area contributed by atoms with Crippen LogP contribution in [-0.4, -0.2) is 42.1 Å². The minimum atomic E-state index is -0.177. The van der Waals surface area contributed by atoms with Gasteiger partial charge in [0.05, 0.1) is 0 Å². The number of hydrogen-bond donors (Lipinski definition) is 2. The van der Waals surface area contributed by atoms with Gasteiger partial charge in [0.25, 0.3) is 0 Å². The van der Waals surface area contributed by atoms with Crippen molar-refractivity contribution in [3.63, 3.8) is 0 Å². The van der Waals surface area contributed by atoms with E-state index in [1.165, 1.54) is 0 Å². The predicted octanol–water partition coefficient (Wildman–Crippen LogP) is 1.08. The predicted molar refractivity (Wildman–Crippen MR) is 75.2 cm³/mol. The lowest BCUT2D eigenvalue weighted by molar-refractivity contribution is -0.129. The molecule has 1 aromatic rings. The molecule has 0 aromatic heterocycles. The summed E-state index contributed by atoms with van der Waals surface area (Å²) < 4.78 is 0. The molecule has 1 heterocycles. The third kappa shape index (κ3) is 2.98. The number of piperazine rings is 1. The number of phenolic OH excluding ortho intramolecular Hbond substituents is 1. The zero-order chi connectivity index (χ0) is 14.0. The molecule has 0 bridgehead atoms. The molecule has 1 aromatic carbocycles. The van der Waals surface area contributed by atoms with Crippen molar-refractivity contribution in [1.82, 2.24) is 4.90 Å². The first kappa shape index (κ1) is 13.7. The van der Waals surface area contributed by atoms with Crippen molar-refractivity contribution >= 4 is 11.6 Å². The lowest BCUT2D eigenvalue weighted by atomic mass is 10.1. The molecule has 19 heavy (non-hydrogen) atoms. The Hall–Kier alpha value is -1.75. The molecule has 1 fully saturated rings. The van der Waals surface area contributed by atoms with Crippen LogP contribution in [0.25, 0.3) is 0 Å². The third-order valence-corrected chi connectivity index (χ3v) is 3.59. The molecule has 5 heteroatoms. The Bertz CT molecular complexity index is 466. The molecule has 3 N–H and O–H groups in total. The fraction of sp³-hybridized carbons (Fsp3) is 0.500. The highest BCUT2D eigenvalue weighted by Gasteiger charge is 2.19. The van der Waals surface area contributed by atoms with E-state index in [1.807, 2.05) is 24.0 Å². The molecule has 2 rings (SSSR count). The summed E-state index contributed by atoms with van der Waals surface area (Å²) >= 11 is 0. The average molecular weight is 263 g/mol. The first-order valence-electron chi connectivity index (χ1n) is 6.58. The van der Waals surface area contributed by atoms with Crippen LogP contribution in [0.3, 0.4) is 0 Å². The van der Waals surface area contributed by atoms with Gasteiger partial charge in [-0.2, -0.15) is 0 Å². The van der Waals surface area contributed by atoms with Gasteiger partial charge >= 0.3 is 0 Å². The molecule has 1 aliphatic heterocycles. The Labute approximate surface area is 113 Å². The number of amides is 1. The van der Waals surface area contributed by atoms with Gasteiger partial charge in [-0.1, -0.05) is 6.07 Å². The van der Waals surface area contributed by atoms with E-state index in [-0.39, 0.29) is 17.7 Å². The Balaban J connectivity index is 2.08. The summed E-state index contributed by atoms with van der Waals surface area (Å²) in [7, 11) is 0. The fourth-order valence-electron chi connectivity index (χ4n) is 2.39. The van der Waals surface area contributed by atoms with Crippen LogP contribution in [0.5, 0.6) is 5.75 Å². The summed E-state index contributed by atoms with van der Waals surface area (Å²) in [4.78, 5) is 15.3.